The van der Waals surface area contributed by atoms with Crippen LogP contribution in [-0.2, 0) is 6.54 Å². The maximum absolute atomic E-state index is 13.4. The van der Waals surface area contributed by atoms with Crippen LogP contribution in [0.15, 0.2) is 36.5 Å². The largest absolute Gasteiger partial charge is 0.381 e. The van der Waals surface area contributed by atoms with Crippen LogP contribution in [0.4, 0.5) is 20.3 Å². The summed E-state index contributed by atoms with van der Waals surface area (Å²) in [6.45, 7) is 0.219. The minimum atomic E-state index is -0.446. The van der Waals surface area contributed by atoms with Crippen molar-refractivity contribution in [1.29, 1.82) is 0 Å². The fraction of sp³-hybridized carbons (Fsp3) is 0.154. The van der Waals surface area contributed by atoms with Crippen molar-refractivity contribution < 1.29 is 8.78 Å². The Morgan fingerprint density at radius 3 is 2.78 bits per heavy atom. The number of aromatic nitrogens is 1. The van der Waals surface area contributed by atoms with E-state index < -0.39 is 11.6 Å². The van der Waals surface area contributed by atoms with Crippen LogP contribution >= 0.6 is 0 Å². The molecule has 0 unspecified atom stereocenters. The molecule has 0 fully saturated rings. The Labute approximate surface area is 104 Å². The van der Waals surface area contributed by atoms with Crippen molar-refractivity contribution in [3.63, 3.8) is 0 Å². The smallest absolute Gasteiger partial charge is 0.128 e. The molecule has 2 N–H and O–H groups in total. The zero-order valence-electron chi connectivity index (χ0n) is 9.87. The first kappa shape index (κ1) is 12.3. The molecular weight excluding hydrogens is 236 g/mol. The lowest BCUT2D eigenvalue weighted by Crippen LogP contribution is -2.03. The van der Waals surface area contributed by atoms with Crippen LogP contribution in [0.1, 0.15) is 5.56 Å². The lowest BCUT2D eigenvalue weighted by Gasteiger charge is -2.08. The van der Waals surface area contributed by atoms with E-state index in [1.54, 1.807) is 25.4 Å². The van der Waals surface area contributed by atoms with Crippen molar-refractivity contribution in [2.75, 3.05) is 17.7 Å². The molecule has 0 saturated heterocycles. The third-order valence-corrected chi connectivity index (χ3v) is 2.51. The van der Waals surface area contributed by atoms with Gasteiger partial charge in [-0.1, -0.05) is 0 Å². The normalized spacial score (nSPS) is 10.2. The quantitative estimate of drug-likeness (QED) is 0.874. The van der Waals surface area contributed by atoms with Crippen LogP contribution in [0.5, 0.6) is 0 Å². The van der Waals surface area contributed by atoms with Crippen LogP contribution in [0.2, 0.25) is 0 Å². The summed E-state index contributed by atoms with van der Waals surface area (Å²) in [5, 5.41) is 5.92. The average Bonchev–Trinajstić information content (AvgIpc) is 2.40. The van der Waals surface area contributed by atoms with Crippen molar-refractivity contribution in [1.82, 2.24) is 4.98 Å². The van der Waals surface area contributed by atoms with Crippen molar-refractivity contribution >= 4 is 11.5 Å². The molecule has 94 valence electrons. The first-order chi connectivity index (χ1) is 8.69. The zero-order valence-corrected chi connectivity index (χ0v) is 9.87. The van der Waals surface area contributed by atoms with E-state index in [1.807, 2.05) is 0 Å². The first-order valence-electron chi connectivity index (χ1n) is 5.50. The number of rotatable bonds is 4. The van der Waals surface area contributed by atoms with Crippen molar-refractivity contribution in [2.45, 2.75) is 6.54 Å². The third-order valence-electron chi connectivity index (χ3n) is 2.51. The lowest BCUT2D eigenvalue weighted by atomic mass is 10.2. The second-order valence-electron chi connectivity index (χ2n) is 3.77. The summed E-state index contributed by atoms with van der Waals surface area (Å²) in [6.07, 6.45) is 1.64. The predicted octanol–water partition coefficient (Wildman–Crippen LogP) is 3.01. The monoisotopic (exact) mass is 249 g/mol. The zero-order chi connectivity index (χ0) is 13.0. The number of nitrogens with one attached hydrogen (secondary N) is 2. The van der Waals surface area contributed by atoms with E-state index in [-0.39, 0.29) is 12.1 Å². The minimum Gasteiger partial charge on any atom is -0.381 e. The van der Waals surface area contributed by atoms with E-state index in [9.17, 15) is 8.78 Å². The lowest BCUT2D eigenvalue weighted by molar-refractivity contribution is 0.587. The van der Waals surface area contributed by atoms with E-state index in [0.29, 0.717) is 5.82 Å². The number of benzene rings is 1. The molecule has 1 aromatic heterocycles. The molecule has 0 spiro atoms. The van der Waals surface area contributed by atoms with E-state index >= 15 is 0 Å². The van der Waals surface area contributed by atoms with Crippen LogP contribution in [0.25, 0.3) is 0 Å². The molecule has 5 heteroatoms. The van der Waals surface area contributed by atoms with Crippen LogP contribution in [0, 0.1) is 11.6 Å². The van der Waals surface area contributed by atoms with Gasteiger partial charge in [0.2, 0.25) is 0 Å². The number of nitrogens with zero attached hydrogens (tertiary/aromatic N) is 1. The fourth-order valence-corrected chi connectivity index (χ4v) is 1.55. The fourth-order valence-electron chi connectivity index (χ4n) is 1.55. The molecular formula is C13H13F2N3. The van der Waals surface area contributed by atoms with Gasteiger partial charge in [-0.05, 0) is 24.3 Å². The first-order valence-corrected chi connectivity index (χ1v) is 5.50. The number of hydrogen-bond acceptors (Lipinski definition) is 3. The summed E-state index contributed by atoms with van der Waals surface area (Å²) in [5.41, 5.74) is 1.08. The van der Waals surface area contributed by atoms with Gasteiger partial charge in [-0.3, -0.25) is 0 Å². The maximum atomic E-state index is 13.4. The average molecular weight is 249 g/mol. The predicted molar refractivity (Wildman–Crippen MR) is 67.5 cm³/mol. The van der Waals surface area contributed by atoms with E-state index in [2.05, 4.69) is 15.6 Å². The highest BCUT2D eigenvalue weighted by Gasteiger charge is 2.03. The summed E-state index contributed by atoms with van der Waals surface area (Å²) in [6, 6.07) is 6.96. The molecule has 0 bridgehead atoms. The van der Waals surface area contributed by atoms with Gasteiger partial charge in [0, 0.05) is 37.1 Å². The van der Waals surface area contributed by atoms with E-state index in [1.165, 1.54) is 6.07 Å². The summed E-state index contributed by atoms with van der Waals surface area (Å²) >= 11 is 0. The van der Waals surface area contributed by atoms with Gasteiger partial charge >= 0.3 is 0 Å². The molecule has 0 aliphatic rings. The molecule has 18 heavy (non-hydrogen) atoms. The Hall–Kier alpha value is -2.17. The van der Waals surface area contributed by atoms with Gasteiger partial charge in [-0.25, -0.2) is 13.8 Å². The highest BCUT2D eigenvalue weighted by molar-refractivity contribution is 5.51. The third kappa shape index (κ3) is 2.94. The van der Waals surface area contributed by atoms with Gasteiger partial charge < -0.3 is 10.6 Å². The summed E-state index contributed by atoms with van der Waals surface area (Å²) in [5.74, 6) is -0.162. The molecule has 0 aliphatic heterocycles. The molecule has 3 nitrogen and oxygen atoms in total. The van der Waals surface area contributed by atoms with E-state index in [0.717, 1.165) is 17.8 Å². The summed E-state index contributed by atoms with van der Waals surface area (Å²) in [4.78, 5) is 4.06. The topological polar surface area (TPSA) is 37.0 Å². The summed E-state index contributed by atoms with van der Waals surface area (Å²) < 4.78 is 26.4. The molecule has 0 radical (unpaired) electrons. The number of anilines is 2. The van der Waals surface area contributed by atoms with Crippen LogP contribution < -0.4 is 10.6 Å². The SMILES string of the molecule is CNc1cc(NCc2cc(F)ccc2F)ccn1. The molecule has 0 saturated carbocycles. The van der Waals surface area contributed by atoms with E-state index in [4.69, 9.17) is 0 Å². The highest BCUT2D eigenvalue weighted by Crippen LogP contribution is 2.15. The van der Waals surface area contributed by atoms with Gasteiger partial charge in [0.25, 0.3) is 0 Å². The Bertz CT molecular complexity index is 544. The maximum Gasteiger partial charge on any atom is 0.128 e. The van der Waals surface area contributed by atoms with Crippen LogP contribution in [0.3, 0.4) is 0 Å². The van der Waals surface area contributed by atoms with Gasteiger partial charge in [0.1, 0.15) is 17.5 Å². The number of pyridine rings is 1. The Morgan fingerprint density at radius 2 is 2.00 bits per heavy atom. The standard InChI is InChI=1S/C13H13F2N3/c1-16-13-7-11(4-5-17-13)18-8-9-6-10(14)2-3-12(9)15/h2-7H,8H2,1H3,(H2,16,17,18). The minimum absolute atomic E-state index is 0.219. The molecule has 0 amide bonds. The molecule has 0 aliphatic carbocycles. The second-order valence-corrected chi connectivity index (χ2v) is 3.77. The van der Waals surface area contributed by atoms with Gasteiger partial charge in [-0.15, -0.1) is 0 Å². The number of hydrogen-bond donors (Lipinski definition) is 2. The second kappa shape index (κ2) is 5.44. The Balaban J connectivity index is 2.08. The highest BCUT2D eigenvalue weighted by atomic mass is 19.1. The molecule has 0 atom stereocenters. The van der Waals surface area contributed by atoms with Crippen molar-refractivity contribution in [3.8, 4) is 0 Å². The molecule has 2 aromatic rings. The van der Waals surface area contributed by atoms with Crippen molar-refractivity contribution in [2.24, 2.45) is 0 Å². The number of halogens is 2. The molecule has 1 aromatic carbocycles. The Kier molecular flexibility index (Phi) is 3.72. The molecule has 2 rings (SSSR count). The van der Waals surface area contributed by atoms with Gasteiger partial charge in [0.05, 0.1) is 0 Å². The molecule has 1 heterocycles. The van der Waals surface area contributed by atoms with Gasteiger partial charge in [-0.2, -0.15) is 0 Å². The van der Waals surface area contributed by atoms with Crippen molar-refractivity contribution in [3.05, 3.63) is 53.7 Å². The van der Waals surface area contributed by atoms with Gasteiger partial charge in [0.15, 0.2) is 0 Å². The Morgan fingerprint density at radius 1 is 1.17 bits per heavy atom. The van der Waals surface area contributed by atoms with Crippen LogP contribution in [-0.4, -0.2) is 12.0 Å². The summed E-state index contributed by atoms with van der Waals surface area (Å²) in [7, 11) is 1.76.